The summed E-state index contributed by atoms with van der Waals surface area (Å²) in [6, 6.07) is 0. The van der Waals surface area contributed by atoms with Crippen molar-refractivity contribution in [2.75, 3.05) is 7.11 Å². The number of hydrogen-bond acceptors (Lipinski definition) is 2. The van der Waals surface area contributed by atoms with Crippen LogP contribution in [0.3, 0.4) is 0 Å². The molecule has 0 saturated heterocycles. The predicted octanol–water partition coefficient (Wildman–Crippen LogP) is 2.48. The van der Waals surface area contributed by atoms with Crippen LogP contribution in [0.1, 0.15) is 17.7 Å². The number of aryl methyl sites for hydroxylation is 1. The average molecular weight is 191 g/mol. The van der Waals surface area contributed by atoms with Crippen molar-refractivity contribution in [1.82, 2.24) is 4.98 Å². The Hall–Kier alpha value is -1.26. The highest BCUT2D eigenvalue weighted by Gasteiger charge is 2.20. The van der Waals surface area contributed by atoms with Gasteiger partial charge in [-0.2, -0.15) is 0 Å². The molecular weight excluding hydrogens is 183 g/mol. The van der Waals surface area contributed by atoms with E-state index in [4.69, 9.17) is 0 Å². The lowest BCUT2D eigenvalue weighted by atomic mass is 10.2. The molecular formula is C8H8F3NO. The Kier molecular flexibility index (Phi) is 2.75. The van der Waals surface area contributed by atoms with Gasteiger partial charge < -0.3 is 4.74 Å². The molecule has 72 valence electrons. The van der Waals surface area contributed by atoms with Crippen LogP contribution in [0.4, 0.5) is 13.2 Å². The van der Waals surface area contributed by atoms with Crippen LogP contribution in [0, 0.1) is 12.7 Å². The molecule has 0 aromatic carbocycles. The molecule has 0 fully saturated rings. The Morgan fingerprint density at radius 2 is 2.08 bits per heavy atom. The molecule has 0 spiro atoms. The van der Waals surface area contributed by atoms with Crippen LogP contribution in [0.15, 0.2) is 6.20 Å². The monoisotopic (exact) mass is 191 g/mol. The zero-order valence-electron chi connectivity index (χ0n) is 7.14. The van der Waals surface area contributed by atoms with Gasteiger partial charge in [-0.25, -0.2) is 13.2 Å². The predicted molar refractivity (Wildman–Crippen MR) is 40.4 cm³/mol. The summed E-state index contributed by atoms with van der Waals surface area (Å²) in [5.74, 6) is -1.30. The van der Waals surface area contributed by atoms with Crippen molar-refractivity contribution in [3.63, 3.8) is 0 Å². The van der Waals surface area contributed by atoms with E-state index in [2.05, 4.69) is 9.72 Å². The molecule has 0 aliphatic carbocycles. The van der Waals surface area contributed by atoms with Crippen molar-refractivity contribution in [2.24, 2.45) is 0 Å². The molecule has 2 nitrogen and oxygen atoms in total. The molecule has 0 bridgehead atoms. The Morgan fingerprint density at radius 3 is 2.46 bits per heavy atom. The third kappa shape index (κ3) is 1.74. The number of aromatic nitrogens is 1. The highest BCUT2D eigenvalue weighted by atomic mass is 19.3. The number of pyridine rings is 1. The van der Waals surface area contributed by atoms with Crippen molar-refractivity contribution >= 4 is 0 Å². The number of methoxy groups -OCH3 is 1. The lowest BCUT2D eigenvalue weighted by Crippen LogP contribution is -2.01. The number of halogens is 3. The fourth-order valence-corrected chi connectivity index (χ4v) is 1.04. The summed E-state index contributed by atoms with van der Waals surface area (Å²) in [6.45, 7) is 1.38. The first kappa shape index (κ1) is 9.83. The quantitative estimate of drug-likeness (QED) is 0.716. The van der Waals surface area contributed by atoms with Crippen molar-refractivity contribution in [2.45, 2.75) is 13.3 Å². The molecule has 0 aliphatic heterocycles. The van der Waals surface area contributed by atoms with Crippen LogP contribution in [-0.4, -0.2) is 12.1 Å². The maximum Gasteiger partial charge on any atom is 0.269 e. The Balaban J connectivity index is 3.35. The lowest BCUT2D eigenvalue weighted by molar-refractivity contribution is 0.144. The molecule has 5 heteroatoms. The maximum absolute atomic E-state index is 12.9. The van der Waals surface area contributed by atoms with Crippen molar-refractivity contribution in [3.8, 4) is 5.75 Å². The first-order chi connectivity index (χ1) is 6.07. The third-order valence-electron chi connectivity index (χ3n) is 1.65. The van der Waals surface area contributed by atoms with Crippen LogP contribution in [0.5, 0.6) is 5.75 Å². The fraction of sp³-hybridized carbons (Fsp3) is 0.375. The van der Waals surface area contributed by atoms with Gasteiger partial charge in [0.15, 0.2) is 11.6 Å². The molecule has 0 aliphatic rings. The van der Waals surface area contributed by atoms with E-state index in [0.717, 1.165) is 13.3 Å². The second-order valence-corrected chi connectivity index (χ2v) is 2.44. The smallest absolute Gasteiger partial charge is 0.269 e. The number of rotatable bonds is 2. The number of alkyl halides is 2. The zero-order valence-corrected chi connectivity index (χ0v) is 7.14. The molecule has 0 unspecified atom stereocenters. The number of nitrogens with zero attached hydrogens (tertiary/aromatic N) is 1. The summed E-state index contributed by atoms with van der Waals surface area (Å²) in [6.07, 6.45) is -1.92. The minimum absolute atomic E-state index is 0.0771. The molecule has 1 heterocycles. The van der Waals surface area contributed by atoms with E-state index in [9.17, 15) is 13.2 Å². The van der Waals surface area contributed by atoms with E-state index in [1.807, 2.05) is 0 Å². The molecule has 0 N–H and O–H groups in total. The van der Waals surface area contributed by atoms with Crippen LogP contribution >= 0.6 is 0 Å². The van der Waals surface area contributed by atoms with Gasteiger partial charge in [-0.15, -0.1) is 0 Å². The van der Waals surface area contributed by atoms with E-state index in [1.165, 1.54) is 6.92 Å². The summed E-state index contributed by atoms with van der Waals surface area (Å²) in [5, 5.41) is 0. The number of ether oxygens (including phenoxy) is 1. The summed E-state index contributed by atoms with van der Waals surface area (Å²) < 4.78 is 42.1. The lowest BCUT2D eigenvalue weighted by Gasteiger charge is -2.10. The molecule has 0 saturated carbocycles. The molecule has 0 radical (unpaired) electrons. The molecule has 13 heavy (non-hydrogen) atoms. The minimum Gasteiger partial charge on any atom is -0.493 e. The standard InChI is InChI=1S/C8H8F3NO/c1-4-6(8(10)11)7(13-2)5(9)3-12-4/h3,8H,1-2H3. The molecule has 1 aromatic rings. The molecule has 0 atom stereocenters. The largest absolute Gasteiger partial charge is 0.493 e. The average Bonchev–Trinajstić information content (AvgIpc) is 2.07. The highest BCUT2D eigenvalue weighted by Crippen LogP contribution is 2.32. The van der Waals surface area contributed by atoms with Gasteiger partial charge in [0, 0.05) is 0 Å². The van der Waals surface area contributed by atoms with E-state index < -0.39 is 23.6 Å². The topological polar surface area (TPSA) is 22.1 Å². The van der Waals surface area contributed by atoms with Gasteiger partial charge in [-0.05, 0) is 6.92 Å². The van der Waals surface area contributed by atoms with Gasteiger partial charge in [0.05, 0.1) is 24.6 Å². The normalized spacial score (nSPS) is 10.6. The fourth-order valence-electron chi connectivity index (χ4n) is 1.04. The highest BCUT2D eigenvalue weighted by molar-refractivity contribution is 5.37. The van der Waals surface area contributed by atoms with E-state index in [-0.39, 0.29) is 5.69 Å². The first-order valence-corrected chi connectivity index (χ1v) is 3.55. The van der Waals surface area contributed by atoms with Crippen LogP contribution < -0.4 is 4.74 Å². The van der Waals surface area contributed by atoms with Crippen molar-refractivity contribution in [1.29, 1.82) is 0 Å². The molecule has 0 amide bonds. The Morgan fingerprint density at radius 1 is 1.46 bits per heavy atom. The Labute approximate surface area is 73.4 Å². The Bertz CT molecular complexity index is 315. The van der Waals surface area contributed by atoms with Crippen LogP contribution in [0.2, 0.25) is 0 Å². The van der Waals surface area contributed by atoms with Crippen molar-refractivity contribution < 1.29 is 17.9 Å². The summed E-state index contributed by atoms with van der Waals surface area (Å²) >= 11 is 0. The summed E-state index contributed by atoms with van der Waals surface area (Å²) in [7, 11) is 1.14. The first-order valence-electron chi connectivity index (χ1n) is 3.55. The zero-order chi connectivity index (χ0) is 10.0. The van der Waals surface area contributed by atoms with Gasteiger partial charge in [-0.1, -0.05) is 0 Å². The van der Waals surface area contributed by atoms with Gasteiger partial charge in [0.2, 0.25) is 0 Å². The van der Waals surface area contributed by atoms with Crippen molar-refractivity contribution in [3.05, 3.63) is 23.3 Å². The van der Waals surface area contributed by atoms with E-state index in [0.29, 0.717) is 0 Å². The van der Waals surface area contributed by atoms with Crippen LogP contribution in [0.25, 0.3) is 0 Å². The molecule has 1 rings (SSSR count). The SMILES string of the molecule is COc1c(F)cnc(C)c1C(F)F. The second kappa shape index (κ2) is 3.64. The van der Waals surface area contributed by atoms with Gasteiger partial charge in [0.1, 0.15) is 0 Å². The van der Waals surface area contributed by atoms with Crippen LogP contribution in [-0.2, 0) is 0 Å². The third-order valence-corrected chi connectivity index (χ3v) is 1.65. The summed E-state index contributed by atoms with van der Waals surface area (Å²) in [4.78, 5) is 3.47. The van der Waals surface area contributed by atoms with E-state index >= 15 is 0 Å². The van der Waals surface area contributed by atoms with Gasteiger partial charge in [-0.3, -0.25) is 4.98 Å². The number of hydrogen-bond donors (Lipinski definition) is 0. The minimum atomic E-state index is -2.78. The van der Waals surface area contributed by atoms with Gasteiger partial charge >= 0.3 is 0 Å². The van der Waals surface area contributed by atoms with E-state index in [1.54, 1.807) is 0 Å². The summed E-state index contributed by atoms with van der Waals surface area (Å²) in [5.41, 5.74) is -0.407. The maximum atomic E-state index is 12.9. The second-order valence-electron chi connectivity index (χ2n) is 2.44. The molecule has 1 aromatic heterocycles. The van der Waals surface area contributed by atoms with Gasteiger partial charge in [0.25, 0.3) is 6.43 Å².